The minimum absolute atomic E-state index is 0.194. The highest BCUT2D eigenvalue weighted by atomic mass is 35.5. The zero-order chi connectivity index (χ0) is 19.6. The van der Waals surface area contributed by atoms with E-state index >= 15 is 0 Å². The Kier molecular flexibility index (Phi) is 7.88. The van der Waals surface area contributed by atoms with Crippen molar-refractivity contribution >= 4 is 23.5 Å². The van der Waals surface area contributed by atoms with Crippen LogP contribution in [0, 0.1) is 5.82 Å². The first-order valence-electron chi connectivity index (χ1n) is 8.24. The number of carbonyl (C=O) groups is 2. The summed E-state index contributed by atoms with van der Waals surface area (Å²) in [7, 11) is 0. The summed E-state index contributed by atoms with van der Waals surface area (Å²) in [6.45, 7) is 2.40. The Bertz CT molecular complexity index is 782. The van der Waals surface area contributed by atoms with Crippen molar-refractivity contribution in [3.63, 3.8) is 0 Å². The molecule has 0 saturated heterocycles. The maximum atomic E-state index is 13.5. The van der Waals surface area contributed by atoms with Gasteiger partial charge in [0, 0.05) is 5.02 Å². The third-order valence-corrected chi connectivity index (χ3v) is 3.55. The second kappa shape index (κ2) is 10.4. The van der Waals surface area contributed by atoms with Gasteiger partial charge in [-0.3, -0.25) is 4.79 Å². The molecule has 0 aliphatic heterocycles. The van der Waals surface area contributed by atoms with Crippen LogP contribution in [-0.2, 0) is 9.53 Å². The zero-order valence-electron chi connectivity index (χ0n) is 14.7. The highest BCUT2D eigenvalue weighted by Crippen LogP contribution is 2.17. The maximum absolute atomic E-state index is 13.5. The molecule has 0 aliphatic carbocycles. The lowest BCUT2D eigenvalue weighted by atomic mass is 10.2. The second-order valence-corrected chi connectivity index (χ2v) is 5.74. The van der Waals surface area contributed by atoms with Crippen LogP contribution in [0.1, 0.15) is 17.3 Å². The molecule has 2 rings (SSSR count). The van der Waals surface area contributed by atoms with E-state index in [2.05, 4.69) is 5.32 Å². The molecular weight excluding hydrogens is 377 g/mol. The number of carbonyl (C=O) groups excluding carboxylic acids is 2. The molecule has 144 valence electrons. The van der Waals surface area contributed by atoms with Crippen molar-refractivity contribution in [2.75, 3.05) is 26.4 Å². The van der Waals surface area contributed by atoms with E-state index in [1.807, 2.05) is 6.92 Å². The number of nitrogens with one attached hydrogen (secondary N) is 1. The topological polar surface area (TPSA) is 73.9 Å². The molecule has 0 radical (unpaired) electrons. The van der Waals surface area contributed by atoms with Gasteiger partial charge >= 0.3 is 5.97 Å². The monoisotopic (exact) mass is 395 g/mol. The van der Waals surface area contributed by atoms with Crippen molar-refractivity contribution in [2.45, 2.75) is 6.92 Å². The van der Waals surface area contributed by atoms with Gasteiger partial charge in [0.15, 0.2) is 6.61 Å². The van der Waals surface area contributed by atoms with Crippen molar-refractivity contribution < 1.29 is 28.2 Å². The molecule has 6 nitrogen and oxygen atoms in total. The predicted octanol–water partition coefficient (Wildman–Crippen LogP) is 3.23. The Morgan fingerprint density at radius 1 is 1.07 bits per heavy atom. The normalized spacial score (nSPS) is 10.2. The van der Waals surface area contributed by atoms with Crippen molar-refractivity contribution in [2.24, 2.45) is 0 Å². The second-order valence-electron chi connectivity index (χ2n) is 5.30. The summed E-state index contributed by atoms with van der Waals surface area (Å²) in [5, 5.41) is 2.73. The van der Waals surface area contributed by atoms with Crippen LogP contribution in [0.3, 0.4) is 0 Å². The molecule has 0 aromatic heterocycles. The van der Waals surface area contributed by atoms with Crippen LogP contribution in [0.25, 0.3) is 0 Å². The number of ether oxygens (including phenoxy) is 3. The van der Waals surface area contributed by atoms with Crippen LogP contribution in [0.5, 0.6) is 11.5 Å². The van der Waals surface area contributed by atoms with Crippen molar-refractivity contribution in [1.29, 1.82) is 0 Å². The summed E-state index contributed by atoms with van der Waals surface area (Å²) in [5.74, 6) is -0.878. The van der Waals surface area contributed by atoms with Gasteiger partial charge < -0.3 is 19.5 Å². The number of rotatable bonds is 9. The van der Waals surface area contributed by atoms with Gasteiger partial charge in [0.2, 0.25) is 0 Å². The lowest BCUT2D eigenvalue weighted by molar-refractivity contribution is -0.124. The number of halogens is 2. The van der Waals surface area contributed by atoms with Gasteiger partial charge in [0.05, 0.1) is 18.7 Å². The molecular formula is C19H19ClFNO5. The number of hydrogen-bond acceptors (Lipinski definition) is 5. The van der Waals surface area contributed by atoms with Gasteiger partial charge in [-0.25, -0.2) is 9.18 Å². The van der Waals surface area contributed by atoms with E-state index < -0.39 is 24.3 Å². The SMILES string of the molecule is CCOc1ccc(OCCNC(=O)COC(=O)c2cc(Cl)ccc2F)cc1. The number of esters is 1. The van der Waals surface area contributed by atoms with Gasteiger partial charge in [-0.1, -0.05) is 11.6 Å². The molecule has 0 unspecified atom stereocenters. The summed E-state index contributed by atoms with van der Waals surface area (Å²) >= 11 is 5.71. The third-order valence-electron chi connectivity index (χ3n) is 3.31. The lowest BCUT2D eigenvalue weighted by Gasteiger charge is -2.09. The fraction of sp³-hybridized carbons (Fsp3) is 0.263. The fourth-order valence-electron chi connectivity index (χ4n) is 2.07. The van der Waals surface area contributed by atoms with Crippen molar-refractivity contribution in [3.05, 3.63) is 58.9 Å². The first-order chi connectivity index (χ1) is 13.0. The number of hydrogen-bond donors (Lipinski definition) is 1. The van der Waals surface area contributed by atoms with E-state index in [-0.39, 0.29) is 23.7 Å². The van der Waals surface area contributed by atoms with Gasteiger partial charge in [0.25, 0.3) is 5.91 Å². The molecule has 0 heterocycles. The molecule has 1 amide bonds. The Morgan fingerprint density at radius 2 is 1.74 bits per heavy atom. The zero-order valence-corrected chi connectivity index (χ0v) is 15.4. The summed E-state index contributed by atoms with van der Waals surface area (Å²) in [6, 6.07) is 10.6. The number of amides is 1. The molecule has 2 aromatic rings. The van der Waals surface area contributed by atoms with E-state index in [1.165, 1.54) is 6.07 Å². The summed E-state index contributed by atoms with van der Waals surface area (Å²) < 4.78 is 29.1. The standard InChI is InChI=1S/C19H19ClFNO5/c1-2-25-14-4-6-15(7-5-14)26-10-9-22-18(23)12-27-19(24)16-11-13(20)3-8-17(16)21/h3-8,11H,2,9-10,12H2,1H3,(H,22,23). The van der Waals surface area contributed by atoms with E-state index in [9.17, 15) is 14.0 Å². The van der Waals surface area contributed by atoms with E-state index in [0.717, 1.165) is 17.9 Å². The third kappa shape index (κ3) is 6.79. The minimum atomic E-state index is -0.962. The largest absolute Gasteiger partial charge is 0.494 e. The molecule has 0 spiro atoms. The molecule has 2 aromatic carbocycles. The fourth-order valence-corrected chi connectivity index (χ4v) is 2.24. The Hall–Kier alpha value is -2.80. The van der Waals surface area contributed by atoms with Crippen molar-refractivity contribution in [1.82, 2.24) is 5.32 Å². The minimum Gasteiger partial charge on any atom is -0.494 e. The van der Waals surface area contributed by atoms with Gasteiger partial charge in [-0.2, -0.15) is 0 Å². The van der Waals surface area contributed by atoms with Gasteiger partial charge in [0.1, 0.15) is 23.9 Å². The first kappa shape index (κ1) is 20.5. The van der Waals surface area contributed by atoms with Crippen LogP contribution in [0.4, 0.5) is 4.39 Å². The van der Waals surface area contributed by atoms with E-state index in [4.69, 9.17) is 25.8 Å². The molecule has 1 N–H and O–H groups in total. The van der Waals surface area contributed by atoms with Gasteiger partial charge in [-0.05, 0) is 49.4 Å². The van der Waals surface area contributed by atoms with Crippen LogP contribution in [0.2, 0.25) is 5.02 Å². The molecule has 8 heteroatoms. The van der Waals surface area contributed by atoms with Crippen LogP contribution >= 0.6 is 11.6 Å². The molecule has 0 aliphatic rings. The molecule has 0 atom stereocenters. The van der Waals surface area contributed by atoms with Crippen molar-refractivity contribution in [3.8, 4) is 11.5 Å². The quantitative estimate of drug-likeness (QED) is 0.521. The Balaban J connectivity index is 1.67. The van der Waals surface area contributed by atoms with Crippen LogP contribution in [0.15, 0.2) is 42.5 Å². The Labute approximate surface area is 161 Å². The number of benzene rings is 2. The molecule has 0 fully saturated rings. The smallest absolute Gasteiger partial charge is 0.341 e. The predicted molar refractivity (Wildman–Crippen MR) is 97.8 cm³/mol. The van der Waals surface area contributed by atoms with Crippen LogP contribution in [-0.4, -0.2) is 38.2 Å². The average Bonchev–Trinajstić information content (AvgIpc) is 2.66. The maximum Gasteiger partial charge on any atom is 0.341 e. The lowest BCUT2D eigenvalue weighted by Crippen LogP contribution is -2.32. The summed E-state index contributed by atoms with van der Waals surface area (Å²) in [5.41, 5.74) is -0.325. The molecule has 0 saturated carbocycles. The summed E-state index contributed by atoms with van der Waals surface area (Å²) in [4.78, 5) is 23.5. The van der Waals surface area contributed by atoms with Gasteiger partial charge in [-0.15, -0.1) is 0 Å². The van der Waals surface area contributed by atoms with Crippen LogP contribution < -0.4 is 14.8 Å². The molecule has 27 heavy (non-hydrogen) atoms. The molecule has 0 bridgehead atoms. The van der Waals surface area contributed by atoms with E-state index in [0.29, 0.717) is 12.4 Å². The first-order valence-corrected chi connectivity index (χ1v) is 8.62. The Morgan fingerprint density at radius 3 is 2.41 bits per heavy atom. The van der Waals surface area contributed by atoms with E-state index in [1.54, 1.807) is 24.3 Å². The summed E-state index contributed by atoms with van der Waals surface area (Å²) in [6.07, 6.45) is 0. The highest BCUT2D eigenvalue weighted by Gasteiger charge is 2.15. The highest BCUT2D eigenvalue weighted by molar-refractivity contribution is 6.30. The average molecular weight is 396 g/mol.